The average Bonchev–Trinajstić information content (AvgIpc) is 2.62. The number of para-hydroxylation sites is 1. The number of nitrogens with two attached hydrogens (primary N) is 1. The van der Waals surface area contributed by atoms with Gasteiger partial charge in [0, 0.05) is 41.1 Å². The van der Waals surface area contributed by atoms with Gasteiger partial charge in [-0.3, -0.25) is 4.79 Å². The SMILES string of the molecule is N[C@@H](Cc1c[nH]c2ccccc12)C(=O)O.[Ge]. The Hall–Kier alpha value is -1.27. The normalized spacial score (nSPS) is 12.1. The number of benzene rings is 1. The van der Waals surface area contributed by atoms with Crippen LogP contribution in [0.1, 0.15) is 5.56 Å². The third-order valence-corrected chi connectivity index (χ3v) is 2.43. The van der Waals surface area contributed by atoms with Crippen molar-refractivity contribution >= 4 is 34.5 Å². The molecule has 4 nitrogen and oxygen atoms in total. The summed E-state index contributed by atoms with van der Waals surface area (Å²) in [4.78, 5) is 13.7. The molecule has 4 radical (unpaired) electrons. The zero-order chi connectivity index (χ0) is 10.8. The van der Waals surface area contributed by atoms with Crippen LogP contribution in [0.3, 0.4) is 0 Å². The van der Waals surface area contributed by atoms with E-state index in [2.05, 4.69) is 4.98 Å². The van der Waals surface area contributed by atoms with Crippen molar-refractivity contribution in [3.8, 4) is 0 Å². The van der Waals surface area contributed by atoms with E-state index in [4.69, 9.17) is 10.8 Å². The van der Waals surface area contributed by atoms with Crippen molar-refractivity contribution in [3.05, 3.63) is 36.0 Å². The minimum absolute atomic E-state index is 0. The first-order chi connectivity index (χ1) is 7.18. The third-order valence-electron chi connectivity index (χ3n) is 2.43. The zero-order valence-corrected chi connectivity index (χ0v) is 10.7. The predicted molar refractivity (Wildman–Crippen MR) is 63.4 cm³/mol. The van der Waals surface area contributed by atoms with Gasteiger partial charge in [0.25, 0.3) is 0 Å². The van der Waals surface area contributed by atoms with Crippen LogP contribution in [-0.4, -0.2) is 39.7 Å². The van der Waals surface area contributed by atoms with Gasteiger partial charge in [0.15, 0.2) is 0 Å². The van der Waals surface area contributed by atoms with Gasteiger partial charge in [-0.05, 0) is 11.6 Å². The summed E-state index contributed by atoms with van der Waals surface area (Å²) in [5.74, 6) is -0.972. The number of rotatable bonds is 3. The van der Waals surface area contributed by atoms with E-state index >= 15 is 0 Å². The zero-order valence-electron chi connectivity index (χ0n) is 8.60. The molecule has 1 aromatic heterocycles. The summed E-state index contributed by atoms with van der Waals surface area (Å²) in [6, 6.07) is 6.91. The van der Waals surface area contributed by atoms with Crippen molar-refractivity contribution in [2.75, 3.05) is 0 Å². The maximum absolute atomic E-state index is 10.6. The smallest absolute Gasteiger partial charge is 0.320 e. The first-order valence-corrected chi connectivity index (χ1v) is 4.72. The second-order valence-corrected chi connectivity index (χ2v) is 3.51. The van der Waals surface area contributed by atoms with Crippen molar-refractivity contribution in [1.29, 1.82) is 0 Å². The standard InChI is InChI=1S/C11H12N2O2.Ge/c12-9(11(14)15)5-7-6-13-10-4-2-1-3-8(7)10;/h1-4,6,9,13H,5,12H2,(H,14,15);/t9-;/m0./s1. The molecule has 0 aliphatic rings. The van der Waals surface area contributed by atoms with Gasteiger partial charge in [-0.2, -0.15) is 0 Å². The van der Waals surface area contributed by atoms with Gasteiger partial charge in [0.1, 0.15) is 6.04 Å². The van der Waals surface area contributed by atoms with Crippen LogP contribution >= 0.6 is 0 Å². The summed E-state index contributed by atoms with van der Waals surface area (Å²) in [7, 11) is 0. The van der Waals surface area contributed by atoms with Crippen molar-refractivity contribution in [2.24, 2.45) is 5.73 Å². The van der Waals surface area contributed by atoms with Crippen molar-refractivity contribution < 1.29 is 9.90 Å². The monoisotopic (exact) mass is 278 g/mol. The number of aliphatic carboxylic acids is 1. The Morgan fingerprint density at radius 1 is 1.44 bits per heavy atom. The summed E-state index contributed by atoms with van der Waals surface area (Å²) in [6.45, 7) is 0. The van der Waals surface area contributed by atoms with Crippen LogP contribution in [-0.2, 0) is 11.2 Å². The molecule has 4 N–H and O–H groups in total. The maximum atomic E-state index is 10.6. The van der Waals surface area contributed by atoms with E-state index in [-0.39, 0.29) is 17.6 Å². The van der Waals surface area contributed by atoms with E-state index < -0.39 is 12.0 Å². The van der Waals surface area contributed by atoms with E-state index in [0.717, 1.165) is 16.5 Å². The molecule has 0 aliphatic heterocycles. The van der Waals surface area contributed by atoms with Crippen LogP contribution < -0.4 is 5.73 Å². The number of hydrogen-bond donors (Lipinski definition) is 3. The summed E-state index contributed by atoms with van der Waals surface area (Å²) in [5.41, 5.74) is 7.43. The first kappa shape index (κ1) is 12.8. The van der Waals surface area contributed by atoms with E-state index in [1.165, 1.54) is 0 Å². The predicted octanol–water partition coefficient (Wildman–Crippen LogP) is 0.742. The summed E-state index contributed by atoms with van der Waals surface area (Å²) in [5, 5.41) is 9.75. The van der Waals surface area contributed by atoms with Gasteiger partial charge in [0.2, 0.25) is 0 Å². The van der Waals surface area contributed by atoms with Gasteiger partial charge < -0.3 is 15.8 Å². The number of nitrogens with one attached hydrogen (secondary N) is 1. The molecule has 0 bridgehead atoms. The number of carboxylic acids is 1. The molecule has 0 amide bonds. The quantitative estimate of drug-likeness (QED) is 0.724. The number of carbonyl (C=O) groups is 1. The number of carboxylic acid groups (broad SMARTS) is 1. The van der Waals surface area contributed by atoms with E-state index in [0.29, 0.717) is 6.42 Å². The number of aromatic amines is 1. The fourth-order valence-electron chi connectivity index (χ4n) is 1.62. The largest absolute Gasteiger partial charge is 0.480 e. The van der Waals surface area contributed by atoms with Crippen LogP contribution in [0.5, 0.6) is 0 Å². The van der Waals surface area contributed by atoms with Gasteiger partial charge in [-0.15, -0.1) is 0 Å². The van der Waals surface area contributed by atoms with Gasteiger partial charge in [0.05, 0.1) is 0 Å². The molecule has 0 fully saturated rings. The molecule has 2 aromatic rings. The van der Waals surface area contributed by atoms with Gasteiger partial charge in [-0.25, -0.2) is 0 Å². The molecule has 1 heterocycles. The molecule has 1 aromatic carbocycles. The fraction of sp³-hybridized carbons (Fsp3) is 0.182. The van der Waals surface area contributed by atoms with Crippen LogP contribution in [0.4, 0.5) is 0 Å². The Bertz CT molecular complexity index is 495. The summed E-state index contributed by atoms with van der Waals surface area (Å²) in [6.07, 6.45) is 2.16. The van der Waals surface area contributed by atoms with Gasteiger partial charge in [-0.1, -0.05) is 18.2 Å². The minimum Gasteiger partial charge on any atom is -0.480 e. The van der Waals surface area contributed by atoms with E-state index in [1.54, 1.807) is 0 Å². The van der Waals surface area contributed by atoms with Crippen molar-refractivity contribution in [1.82, 2.24) is 4.98 Å². The number of fused-ring (bicyclic) bond motifs is 1. The molecule has 0 spiro atoms. The average molecular weight is 277 g/mol. The van der Waals surface area contributed by atoms with E-state index in [1.807, 2.05) is 30.5 Å². The van der Waals surface area contributed by atoms with Crippen LogP contribution in [0.25, 0.3) is 10.9 Å². The van der Waals surface area contributed by atoms with Crippen molar-refractivity contribution in [2.45, 2.75) is 12.5 Å². The minimum atomic E-state index is -0.972. The van der Waals surface area contributed by atoms with Crippen molar-refractivity contribution in [3.63, 3.8) is 0 Å². The van der Waals surface area contributed by atoms with Gasteiger partial charge >= 0.3 is 5.97 Å². The van der Waals surface area contributed by atoms with Crippen LogP contribution in [0, 0.1) is 0 Å². The molecule has 82 valence electrons. The number of H-pyrrole nitrogens is 1. The molecule has 0 saturated heterocycles. The van der Waals surface area contributed by atoms with Crippen LogP contribution in [0.15, 0.2) is 30.5 Å². The Kier molecular flexibility index (Phi) is 4.14. The first-order valence-electron chi connectivity index (χ1n) is 4.72. The molecule has 16 heavy (non-hydrogen) atoms. The van der Waals surface area contributed by atoms with E-state index in [9.17, 15) is 4.79 Å². The Balaban J connectivity index is 0.00000128. The van der Waals surface area contributed by atoms with Crippen LogP contribution in [0.2, 0.25) is 0 Å². The fourth-order valence-corrected chi connectivity index (χ4v) is 1.62. The molecular weight excluding hydrogens is 265 g/mol. The Morgan fingerprint density at radius 2 is 2.12 bits per heavy atom. The third kappa shape index (κ3) is 2.45. The Morgan fingerprint density at radius 3 is 2.81 bits per heavy atom. The molecule has 0 saturated carbocycles. The number of hydrogen-bond acceptors (Lipinski definition) is 2. The topological polar surface area (TPSA) is 79.1 Å². The number of aromatic nitrogens is 1. The molecule has 0 unspecified atom stereocenters. The molecular formula is C11H12GeN2O2. The molecule has 2 rings (SSSR count). The molecule has 1 atom stereocenters. The summed E-state index contributed by atoms with van der Waals surface area (Å²) >= 11 is 0. The summed E-state index contributed by atoms with van der Waals surface area (Å²) < 4.78 is 0. The second kappa shape index (κ2) is 5.18. The second-order valence-electron chi connectivity index (χ2n) is 3.51. The molecule has 0 aliphatic carbocycles. The Labute approximate surface area is 104 Å². The maximum Gasteiger partial charge on any atom is 0.320 e. The molecule has 5 heteroatoms.